The van der Waals surface area contributed by atoms with Crippen LogP contribution in [0.15, 0.2) is 63.6 Å². The number of carbonyl (C=O) groups is 2. The van der Waals surface area contributed by atoms with Crippen LogP contribution in [0.5, 0.6) is 17.2 Å². The standard InChI is InChI=1S/C23H23N3O6S/c1-4-31-19-11-15(8-9-18(19)32-14-16-6-5-7-17(10-16)29-2)13-24-26-23-25-22(28)20(33-23)12-21(27)30-3/h5-13H,4,14H2,1-3H3,(H,25,26,28)/b20-12+,24-13?. The lowest BCUT2D eigenvalue weighted by molar-refractivity contribution is -0.135. The lowest BCUT2D eigenvalue weighted by Crippen LogP contribution is -2.19. The summed E-state index contributed by atoms with van der Waals surface area (Å²) in [6.45, 7) is 2.71. The maximum Gasteiger partial charge on any atom is 0.331 e. The number of nitrogens with one attached hydrogen (secondary N) is 1. The molecule has 0 radical (unpaired) electrons. The Morgan fingerprint density at radius 2 is 1.97 bits per heavy atom. The fraction of sp³-hybridized carbons (Fsp3) is 0.217. The van der Waals surface area contributed by atoms with E-state index in [1.165, 1.54) is 13.3 Å². The number of nitrogens with zero attached hydrogens (tertiary/aromatic N) is 2. The molecular formula is C23H23N3O6S. The first-order valence-corrected chi connectivity index (χ1v) is 10.8. The van der Waals surface area contributed by atoms with Crippen molar-refractivity contribution in [1.29, 1.82) is 0 Å². The molecule has 1 amide bonds. The van der Waals surface area contributed by atoms with Gasteiger partial charge in [-0.15, -0.1) is 5.10 Å². The minimum atomic E-state index is -0.616. The predicted molar refractivity (Wildman–Crippen MR) is 126 cm³/mol. The van der Waals surface area contributed by atoms with Crippen molar-refractivity contribution in [2.45, 2.75) is 13.5 Å². The Bertz CT molecular complexity index is 1110. The zero-order valence-corrected chi connectivity index (χ0v) is 19.2. The molecule has 172 valence electrons. The third kappa shape index (κ3) is 6.84. The molecule has 0 saturated carbocycles. The van der Waals surface area contributed by atoms with Gasteiger partial charge in [0.2, 0.25) is 0 Å². The maximum absolute atomic E-state index is 11.8. The van der Waals surface area contributed by atoms with E-state index in [0.29, 0.717) is 24.7 Å². The highest BCUT2D eigenvalue weighted by molar-refractivity contribution is 8.18. The number of methoxy groups -OCH3 is 2. The Morgan fingerprint density at radius 1 is 1.12 bits per heavy atom. The van der Waals surface area contributed by atoms with Gasteiger partial charge in [-0.3, -0.25) is 10.1 Å². The monoisotopic (exact) mass is 469 g/mol. The van der Waals surface area contributed by atoms with Gasteiger partial charge >= 0.3 is 5.97 Å². The molecule has 2 aromatic carbocycles. The van der Waals surface area contributed by atoms with Gasteiger partial charge < -0.3 is 18.9 Å². The molecule has 1 aliphatic heterocycles. The zero-order valence-electron chi connectivity index (χ0n) is 18.4. The third-order valence-corrected chi connectivity index (χ3v) is 5.15. The normalized spacial score (nSPS) is 15.7. The summed E-state index contributed by atoms with van der Waals surface area (Å²) < 4.78 is 21.4. The highest BCUT2D eigenvalue weighted by Gasteiger charge is 2.25. The van der Waals surface area contributed by atoms with E-state index < -0.39 is 11.9 Å². The molecule has 10 heteroatoms. The van der Waals surface area contributed by atoms with Crippen LogP contribution in [0.25, 0.3) is 0 Å². The number of esters is 1. The highest BCUT2D eigenvalue weighted by Crippen LogP contribution is 2.29. The molecule has 9 nitrogen and oxygen atoms in total. The summed E-state index contributed by atoms with van der Waals surface area (Å²) in [6, 6.07) is 13.0. The highest BCUT2D eigenvalue weighted by atomic mass is 32.2. The Balaban J connectivity index is 1.67. The van der Waals surface area contributed by atoms with E-state index in [2.05, 4.69) is 20.3 Å². The number of thioether (sulfide) groups is 1. The Morgan fingerprint density at radius 3 is 2.73 bits per heavy atom. The summed E-state index contributed by atoms with van der Waals surface area (Å²) in [5.41, 5.74) is 1.70. The van der Waals surface area contributed by atoms with E-state index in [1.54, 1.807) is 19.2 Å². The number of benzene rings is 2. The number of ether oxygens (including phenoxy) is 4. The quantitative estimate of drug-likeness (QED) is 0.260. The second kappa shape index (κ2) is 11.7. The first-order valence-electron chi connectivity index (χ1n) is 9.94. The van der Waals surface area contributed by atoms with Crippen LogP contribution in [0.1, 0.15) is 18.1 Å². The first-order chi connectivity index (χ1) is 16.0. The number of amidine groups is 1. The molecule has 0 bridgehead atoms. The van der Waals surface area contributed by atoms with Gasteiger partial charge in [-0.2, -0.15) is 5.10 Å². The average Bonchev–Trinajstić information content (AvgIpc) is 3.17. The van der Waals surface area contributed by atoms with Crippen LogP contribution in [0.4, 0.5) is 0 Å². The molecule has 33 heavy (non-hydrogen) atoms. The summed E-state index contributed by atoms with van der Waals surface area (Å²) in [5.74, 6) is 0.882. The van der Waals surface area contributed by atoms with Crippen LogP contribution < -0.4 is 19.5 Å². The number of carbonyl (C=O) groups excluding carboxylic acids is 2. The zero-order chi connectivity index (χ0) is 23.6. The van der Waals surface area contributed by atoms with Gasteiger partial charge in [0.1, 0.15) is 12.4 Å². The summed E-state index contributed by atoms with van der Waals surface area (Å²) >= 11 is 1.00. The minimum Gasteiger partial charge on any atom is -0.497 e. The van der Waals surface area contributed by atoms with Crippen LogP contribution in [-0.4, -0.2) is 44.1 Å². The number of hydrogen-bond acceptors (Lipinski definition) is 9. The lowest BCUT2D eigenvalue weighted by atomic mass is 10.2. The second-order valence-electron chi connectivity index (χ2n) is 6.52. The second-order valence-corrected chi connectivity index (χ2v) is 7.55. The SMILES string of the molecule is CCOc1cc(C=N/N=C2/NC(=O)/C(=C\C(=O)OC)S2)ccc1OCc1cccc(OC)c1. The first kappa shape index (κ1) is 23.9. The summed E-state index contributed by atoms with van der Waals surface area (Å²) in [6.07, 6.45) is 2.63. The van der Waals surface area contributed by atoms with Crippen LogP contribution in [-0.2, 0) is 20.9 Å². The van der Waals surface area contributed by atoms with E-state index >= 15 is 0 Å². The van der Waals surface area contributed by atoms with Crippen LogP contribution in [0.2, 0.25) is 0 Å². The molecule has 2 aromatic rings. The Labute approximate surface area is 195 Å². The van der Waals surface area contributed by atoms with E-state index in [-0.39, 0.29) is 10.1 Å². The van der Waals surface area contributed by atoms with Crippen LogP contribution in [0, 0.1) is 0 Å². The molecule has 1 heterocycles. The van der Waals surface area contributed by atoms with E-state index in [9.17, 15) is 9.59 Å². The van der Waals surface area contributed by atoms with Gasteiger partial charge in [0, 0.05) is 6.08 Å². The predicted octanol–water partition coefficient (Wildman–Crippen LogP) is 3.28. The van der Waals surface area contributed by atoms with Crippen molar-refractivity contribution in [2.24, 2.45) is 10.2 Å². The van der Waals surface area contributed by atoms with Gasteiger partial charge in [0.05, 0.1) is 31.9 Å². The van der Waals surface area contributed by atoms with E-state index in [0.717, 1.165) is 34.7 Å². The fourth-order valence-corrected chi connectivity index (χ4v) is 3.44. The van der Waals surface area contributed by atoms with E-state index in [4.69, 9.17) is 14.2 Å². The van der Waals surface area contributed by atoms with Crippen molar-refractivity contribution < 1.29 is 28.5 Å². The topological polar surface area (TPSA) is 108 Å². The number of rotatable bonds is 9. The molecule has 1 fully saturated rings. The smallest absolute Gasteiger partial charge is 0.331 e. The number of amides is 1. The summed E-state index contributed by atoms with van der Waals surface area (Å²) in [4.78, 5) is 23.3. The van der Waals surface area contributed by atoms with Crippen molar-refractivity contribution in [3.05, 3.63) is 64.6 Å². The molecule has 0 unspecified atom stereocenters. The van der Waals surface area contributed by atoms with Crippen molar-refractivity contribution >= 4 is 35.0 Å². The van der Waals surface area contributed by atoms with Crippen LogP contribution in [0.3, 0.4) is 0 Å². The van der Waals surface area contributed by atoms with Crippen molar-refractivity contribution in [2.75, 3.05) is 20.8 Å². The van der Waals surface area contributed by atoms with E-state index in [1.807, 2.05) is 37.3 Å². The molecule has 3 rings (SSSR count). The average molecular weight is 470 g/mol. The van der Waals surface area contributed by atoms with Gasteiger partial charge in [-0.25, -0.2) is 4.79 Å². The van der Waals surface area contributed by atoms with Gasteiger partial charge in [0.25, 0.3) is 5.91 Å². The summed E-state index contributed by atoms with van der Waals surface area (Å²) in [7, 11) is 2.86. The largest absolute Gasteiger partial charge is 0.497 e. The van der Waals surface area contributed by atoms with Gasteiger partial charge in [-0.1, -0.05) is 12.1 Å². The van der Waals surface area contributed by atoms with Gasteiger partial charge in [0.15, 0.2) is 16.7 Å². The molecule has 1 saturated heterocycles. The van der Waals surface area contributed by atoms with Crippen LogP contribution >= 0.6 is 11.8 Å². The molecule has 1 N–H and O–H groups in total. The van der Waals surface area contributed by atoms with Crippen molar-refractivity contribution in [3.8, 4) is 17.2 Å². The molecule has 0 aromatic heterocycles. The Kier molecular flexibility index (Phi) is 8.48. The fourth-order valence-electron chi connectivity index (χ4n) is 2.70. The molecule has 0 spiro atoms. The summed E-state index contributed by atoms with van der Waals surface area (Å²) in [5, 5.41) is 10.8. The molecule has 1 aliphatic rings. The maximum atomic E-state index is 11.8. The Hall–Kier alpha value is -3.79. The molecular weight excluding hydrogens is 446 g/mol. The minimum absolute atomic E-state index is 0.187. The lowest BCUT2D eigenvalue weighted by Gasteiger charge is -2.13. The molecule has 0 aliphatic carbocycles. The van der Waals surface area contributed by atoms with Crippen molar-refractivity contribution in [3.63, 3.8) is 0 Å². The van der Waals surface area contributed by atoms with Crippen molar-refractivity contribution in [1.82, 2.24) is 5.32 Å². The third-order valence-electron chi connectivity index (χ3n) is 4.25. The molecule has 0 atom stereocenters. The number of hydrogen-bond donors (Lipinski definition) is 1. The van der Waals surface area contributed by atoms with Gasteiger partial charge in [-0.05, 0) is 60.1 Å².